The highest BCUT2D eigenvalue weighted by atomic mass is 16.1. The number of benzene rings is 1. The van der Waals surface area contributed by atoms with Gasteiger partial charge in [0, 0.05) is 37.0 Å². The molecule has 2 heteroatoms. The molecule has 3 rings (SSSR count). The van der Waals surface area contributed by atoms with Crippen molar-refractivity contribution in [3.8, 4) is 0 Å². The highest BCUT2D eigenvalue weighted by molar-refractivity contribution is 5.83. The quantitative estimate of drug-likeness (QED) is 0.731. The summed E-state index contributed by atoms with van der Waals surface area (Å²) in [5.74, 6) is 0.847. The fourth-order valence-electron chi connectivity index (χ4n) is 2.98. The van der Waals surface area contributed by atoms with E-state index >= 15 is 0 Å². The number of carbonyl (C=O) groups is 1. The topological polar surface area (TPSA) is 22.0 Å². The fourth-order valence-corrected chi connectivity index (χ4v) is 2.98. The SMILES string of the molecule is Cn1c(C2CCCC(=O)C2)cc2ccccc21. The van der Waals surface area contributed by atoms with Gasteiger partial charge in [-0.3, -0.25) is 4.79 Å². The minimum Gasteiger partial charge on any atom is -0.347 e. The molecule has 0 saturated heterocycles. The summed E-state index contributed by atoms with van der Waals surface area (Å²) in [6.07, 6.45) is 3.70. The van der Waals surface area contributed by atoms with Gasteiger partial charge in [0.2, 0.25) is 0 Å². The summed E-state index contributed by atoms with van der Waals surface area (Å²) in [6, 6.07) is 10.7. The maximum absolute atomic E-state index is 11.6. The van der Waals surface area contributed by atoms with Crippen LogP contribution in [0.2, 0.25) is 0 Å². The first-order chi connectivity index (χ1) is 8.25. The average molecular weight is 227 g/mol. The maximum atomic E-state index is 11.6. The Hall–Kier alpha value is -1.57. The number of hydrogen-bond acceptors (Lipinski definition) is 1. The minimum atomic E-state index is 0.423. The third-order valence-corrected chi connectivity index (χ3v) is 3.89. The number of aromatic nitrogens is 1. The number of aryl methyl sites for hydroxylation is 1. The van der Waals surface area contributed by atoms with Crippen LogP contribution in [-0.4, -0.2) is 10.4 Å². The molecule has 0 amide bonds. The van der Waals surface area contributed by atoms with Crippen molar-refractivity contribution in [1.29, 1.82) is 0 Å². The summed E-state index contributed by atoms with van der Waals surface area (Å²) in [6.45, 7) is 0. The number of ketones is 1. The van der Waals surface area contributed by atoms with E-state index in [1.807, 2.05) is 0 Å². The first-order valence-electron chi connectivity index (χ1n) is 6.32. The second kappa shape index (κ2) is 4.02. The maximum Gasteiger partial charge on any atom is 0.133 e. The summed E-state index contributed by atoms with van der Waals surface area (Å²) in [4.78, 5) is 11.6. The molecule has 0 spiro atoms. The van der Waals surface area contributed by atoms with E-state index in [4.69, 9.17) is 0 Å². The number of fused-ring (bicyclic) bond motifs is 1. The first-order valence-corrected chi connectivity index (χ1v) is 6.32. The van der Waals surface area contributed by atoms with Crippen LogP contribution in [0, 0.1) is 0 Å². The van der Waals surface area contributed by atoms with E-state index < -0.39 is 0 Å². The van der Waals surface area contributed by atoms with Gasteiger partial charge in [-0.2, -0.15) is 0 Å². The Bertz CT molecular complexity index is 567. The number of nitrogens with zero attached hydrogens (tertiary/aromatic N) is 1. The highest BCUT2D eigenvalue weighted by Crippen LogP contribution is 2.33. The van der Waals surface area contributed by atoms with Gasteiger partial charge in [-0.15, -0.1) is 0 Å². The van der Waals surface area contributed by atoms with Gasteiger partial charge in [0.1, 0.15) is 5.78 Å². The lowest BCUT2D eigenvalue weighted by Crippen LogP contribution is -2.15. The lowest BCUT2D eigenvalue weighted by atomic mass is 9.86. The molecule has 1 fully saturated rings. The van der Waals surface area contributed by atoms with Gasteiger partial charge < -0.3 is 4.57 Å². The van der Waals surface area contributed by atoms with Crippen LogP contribution in [-0.2, 0) is 11.8 Å². The molecule has 1 aromatic carbocycles. The molecule has 0 radical (unpaired) electrons. The van der Waals surface area contributed by atoms with E-state index in [1.165, 1.54) is 16.6 Å². The lowest BCUT2D eigenvalue weighted by molar-refractivity contribution is -0.120. The standard InChI is InChI=1S/C15H17NO/c1-16-14-8-3-2-5-12(14)10-15(16)11-6-4-7-13(17)9-11/h2-3,5,8,10-11H,4,6-7,9H2,1H3. The molecule has 2 nitrogen and oxygen atoms in total. The Balaban J connectivity index is 2.05. The van der Waals surface area contributed by atoms with Crippen LogP contribution in [0.1, 0.15) is 37.3 Å². The number of carbonyl (C=O) groups excluding carboxylic acids is 1. The molecule has 0 N–H and O–H groups in total. The highest BCUT2D eigenvalue weighted by Gasteiger charge is 2.23. The van der Waals surface area contributed by atoms with Gasteiger partial charge in [0.15, 0.2) is 0 Å². The van der Waals surface area contributed by atoms with Crippen molar-refractivity contribution in [3.63, 3.8) is 0 Å². The molecular weight excluding hydrogens is 210 g/mol. The number of para-hydroxylation sites is 1. The molecule has 1 aromatic heterocycles. The van der Waals surface area contributed by atoms with E-state index in [0.29, 0.717) is 11.7 Å². The van der Waals surface area contributed by atoms with Crippen LogP contribution >= 0.6 is 0 Å². The molecule has 0 bridgehead atoms. The van der Waals surface area contributed by atoms with E-state index in [2.05, 4.69) is 41.9 Å². The van der Waals surface area contributed by atoms with Crippen molar-refractivity contribution >= 4 is 16.7 Å². The predicted molar refractivity (Wildman–Crippen MR) is 69.1 cm³/mol. The molecule has 2 aromatic rings. The van der Waals surface area contributed by atoms with Crippen LogP contribution in [0.4, 0.5) is 0 Å². The number of hydrogen-bond donors (Lipinski definition) is 0. The molecule has 1 aliphatic carbocycles. The summed E-state index contributed by atoms with van der Waals surface area (Å²) in [5.41, 5.74) is 2.58. The molecule has 1 atom stereocenters. The van der Waals surface area contributed by atoms with Crippen molar-refractivity contribution in [3.05, 3.63) is 36.0 Å². The van der Waals surface area contributed by atoms with Crippen LogP contribution in [0.5, 0.6) is 0 Å². The molecule has 0 aliphatic heterocycles. The van der Waals surface area contributed by atoms with E-state index in [1.54, 1.807) is 0 Å². The van der Waals surface area contributed by atoms with Gasteiger partial charge >= 0.3 is 0 Å². The second-order valence-corrected chi connectivity index (χ2v) is 5.02. The number of Topliss-reactive ketones (excluding diaryl/α,β-unsaturated/α-hetero) is 1. The van der Waals surface area contributed by atoms with Crippen LogP contribution in [0.3, 0.4) is 0 Å². The van der Waals surface area contributed by atoms with Crippen LogP contribution < -0.4 is 0 Å². The molecule has 1 heterocycles. The van der Waals surface area contributed by atoms with E-state index in [0.717, 1.165) is 25.7 Å². The largest absolute Gasteiger partial charge is 0.347 e. The lowest BCUT2D eigenvalue weighted by Gasteiger charge is -2.21. The number of rotatable bonds is 1. The van der Waals surface area contributed by atoms with Crippen molar-refractivity contribution in [2.24, 2.45) is 7.05 Å². The van der Waals surface area contributed by atoms with Gasteiger partial charge in [-0.25, -0.2) is 0 Å². The zero-order valence-corrected chi connectivity index (χ0v) is 10.1. The van der Waals surface area contributed by atoms with Gasteiger partial charge in [-0.05, 0) is 30.4 Å². The zero-order chi connectivity index (χ0) is 11.8. The Morgan fingerprint density at radius 1 is 1.29 bits per heavy atom. The normalized spacial score (nSPS) is 21.0. The Morgan fingerprint density at radius 2 is 2.12 bits per heavy atom. The summed E-state index contributed by atoms with van der Waals surface area (Å²) >= 11 is 0. The van der Waals surface area contributed by atoms with E-state index in [9.17, 15) is 4.79 Å². The second-order valence-electron chi connectivity index (χ2n) is 5.02. The third kappa shape index (κ3) is 1.78. The average Bonchev–Trinajstić information content (AvgIpc) is 2.68. The van der Waals surface area contributed by atoms with Gasteiger partial charge in [-0.1, -0.05) is 18.2 Å². The van der Waals surface area contributed by atoms with Crippen molar-refractivity contribution in [1.82, 2.24) is 4.57 Å². The smallest absolute Gasteiger partial charge is 0.133 e. The molecule has 17 heavy (non-hydrogen) atoms. The zero-order valence-electron chi connectivity index (χ0n) is 10.1. The van der Waals surface area contributed by atoms with Crippen LogP contribution in [0.25, 0.3) is 10.9 Å². The Kier molecular flexibility index (Phi) is 2.50. The monoisotopic (exact) mass is 227 g/mol. The first kappa shape index (κ1) is 10.6. The van der Waals surface area contributed by atoms with Crippen molar-refractivity contribution in [2.75, 3.05) is 0 Å². The van der Waals surface area contributed by atoms with Crippen LogP contribution in [0.15, 0.2) is 30.3 Å². The van der Waals surface area contributed by atoms with Gasteiger partial charge in [0.25, 0.3) is 0 Å². The molecule has 88 valence electrons. The third-order valence-electron chi connectivity index (χ3n) is 3.89. The summed E-state index contributed by atoms with van der Waals surface area (Å²) in [5, 5.41) is 1.28. The minimum absolute atomic E-state index is 0.423. The summed E-state index contributed by atoms with van der Waals surface area (Å²) in [7, 11) is 2.11. The molecule has 1 unspecified atom stereocenters. The van der Waals surface area contributed by atoms with Crippen molar-refractivity contribution in [2.45, 2.75) is 31.6 Å². The fraction of sp³-hybridized carbons (Fsp3) is 0.400. The Morgan fingerprint density at radius 3 is 2.88 bits per heavy atom. The molecule has 1 aliphatic rings. The van der Waals surface area contributed by atoms with Gasteiger partial charge in [0.05, 0.1) is 0 Å². The van der Waals surface area contributed by atoms with E-state index in [-0.39, 0.29) is 0 Å². The predicted octanol–water partition coefficient (Wildman–Crippen LogP) is 3.41. The van der Waals surface area contributed by atoms with Crippen molar-refractivity contribution < 1.29 is 4.79 Å². The molecular formula is C15H17NO. The molecule has 1 saturated carbocycles. The summed E-state index contributed by atoms with van der Waals surface area (Å²) < 4.78 is 2.25. The Labute approximate surface area is 101 Å².